The lowest BCUT2D eigenvalue weighted by Gasteiger charge is -2.22. The average molecular weight is 959 g/mol. The van der Waals surface area contributed by atoms with Gasteiger partial charge in [-0.1, -0.05) is 289 Å². The highest BCUT2D eigenvalue weighted by Gasteiger charge is 2.20. The van der Waals surface area contributed by atoms with Crippen LogP contribution >= 0.6 is 0 Å². The zero-order chi connectivity index (χ0) is 49.3. The largest absolute Gasteiger partial charge is 0.466 e. The molecule has 402 valence electrons. The number of hydrogen-bond acceptors (Lipinski definition) is 5. The van der Waals surface area contributed by atoms with E-state index in [0.29, 0.717) is 25.9 Å². The highest BCUT2D eigenvalue weighted by molar-refractivity contribution is 5.76. The summed E-state index contributed by atoms with van der Waals surface area (Å²) < 4.78 is 5.48. The van der Waals surface area contributed by atoms with Crippen LogP contribution in [0.1, 0.15) is 335 Å². The van der Waals surface area contributed by atoms with Crippen molar-refractivity contribution in [3.63, 3.8) is 0 Å². The SMILES string of the molecule is CCCCC/C=C\C/C=C\CCCCCCCCCCCC(=O)OCCCCCCCCCCCCCCC(=O)NC(CO)C(O)CCCCCCCCCCCCCCCCCCCCCC. The number of nitrogens with one attached hydrogen (secondary N) is 1. The lowest BCUT2D eigenvalue weighted by atomic mass is 10.0. The van der Waals surface area contributed by atoms with Crippen LogP contribution in [0.3, 0.4) is 0 Å². The summed E-state index contributed by atoms with van der Waals surface area (Å²) in [5, 5.41) is 23.3. The second-order valence-electron chi connectivity index (χ2n) is 21.0. The van der Waals surface area contributed by atoms with Crippen molar-refractivity contribution in [2.24, 2.45) is 0 Å². The van der Waals surface area contributed by atoms with Crippen molar-refractivity contribution in [3.8, 4) is 0 Å². The highest BCUT2D eigenvalue weighted by atomic mass is 16.5. The normalized spacial score (nSPS) is 12.7. The molecule has 2 unspecified atom stereocenters. The van der Waals surface area contributed by atoms with Crippen LogP contribution in [0.2, 0.25) is 0 Å². The maximum atomic E-state index is 12.5. The molecule has 6 nitrogen and oxygen atoms in total. The topological polar surface area (TPSA) is 95.9 Å². The predicted octanol–water partition coefficient (Wildman–Crippen LogP) is 19.0. The van der Waals surface area contributed by atoms with E-state index in [0.717, 1.165) is 64.2 Å². The predicted molar refractivity (Wildman–Crippen MR) is 296 cm³/mol. The Kier molecular flexibility index (Phi) is 56.5. The molecular formula is C62H119NO5. The van der Waals surface area contributed by atoms with Crippen molar-refractivity contribution in [1.29, 1.82) is 0 Å². The molecule has 0 fully saturated rings. The van der Waals surface area contributed by atoms with Crippen molar-refractivity contribution in [2.45, 2.75) is 347 Å². The van der Waals surface area contributed by atoms with Crippen molar-refractivity contribution >= 4 is 11.9 Å². The number of aliphatic hydroxyl groups excluding tert-OH is 2. The number of ether oxygens (including phenoxy) is 1. The maximum Gasteiger partial charge on any atom is 0.305 e. The van der Waals surface area contributed by atoms with Crippen LogP contribution in [-0.2, 0) is 14.3 Å². The van der Waals surface area contributed by atoms with Crippen molar-refractivity contribution in [3.05, 3.63) is 24.3 Å². The monoisotopic (exact) mass is 958 g/mol. The molecule has 1 amide bonds. The van der Waals surface area contributed by atoms with Gasteiger partial charge in [0.2, 0.25) is 5.91 Å². The second kappa shape index (κ2) is 57.9. The molecule has 0 rings (SSSR count). The molecule has 0 saturated heterocycles. The van der Waals surface area contributed by atoms with E-state index in [9.17, 15) is 19.8 Å². The quantitative estimate of drug-likeness (QED) is 0.0321. The first-order chi connectivity index (χ1) is 33.5. The molecule has 68 heavy (non-hydrogen) atoms. The van der Waals surface area contributed by atoms with Crippen LogP contribution in [0.5, 0.6) is 0 Å². The molecule has 0 aliphatic carbocycles. The van der Waals surface area contributed by atoms with Gasteiger partial charge in [-0.2, -0.15) is 0 Å². The third-order valence-electron chi connectivity index (χ3n) is 14.3. The van der Waals surface area contributed by atoms with Crippen LogP contribution in [0.15, 0.2) is 24.3 Å². The van der Waals surface area contributed by atoms with Gasteiger partial charge < -0.3 is 20.3 Å². The van der Waals surface area contributed by atoms with Gasteiger partial charge in [-0.3, -0.25) is 9.59 Å². The number of aliphatic hydroxyl groups is 2. The number of allylic oxidation sites excluding steroid dienone is 4. The fraction of sp³-hybridized carbons (Fsp3) is 0.903. The average Bonchev–Trinajstić information content (AvgIpc) is 3.34. The van der Waals surface area contributed by atoms with Gasteiger partial charge in [-0.05, 0) is 57.8 Å². The zero-order valence-corrected chi connectivity index (χ0v) is 45.9. The van der Waals surface area contributed by atoms with E-state index in [2.05, 4.69) is 43.5 Å². The molecule has 0 aromatic rings. The maximum absolute atomic E-state index is 12.5. The second-order valence-corrected chi connectivity index (χ2v) is 21.0. The molecule has 0 bridgehead atoms. The van der Waals surface area contributed by atoms with Gasteiger partial charge in [0.15, 0.2) is 0 Å². The van der Waals surface area contributed by atoms with Crippen LogP contribution in [0.4, 0.5) is 0 Å². The van der Waals surface area contributed by atoms with Crippen LogP contribution < -0.4 is 5.32 Å². The van der Waals surface area contributed by atoms with Gasteiger partial charge in [0.25, 0.3) is 0 Å². The molecule has 0 heterocycles. The highest BCUT2D eigenvalue weighted by Crippen LogP contribution is 2.18. The minimum Gasteiger partial charge on any atom is -0.466 e. The number of carbonyl (C=O) groups excluding carboxylic acids is 2. The van der Waals surface area contributed by atoms with Gasteiger partial charge in [0, 0.05) is 12.8 Å². The molecule has 0 spiro atoms. The number of esters is 1. The molecule has 0 aliphatic rings. The first-order valence-electron chi connectivity index (χ1n) is 30.6. The van der Waals surface area contributed by atoms with Crippen LogP contribution in [0.25, 0.3) is 0 Å². The van der Waals surface area contributed by atoms with Crippen molar-refractivity contribution in [2.75, 3.05) is 13.2 Å². The molecular weight excluding hydrogens is 839 g/mol. The Balaban J connectivity index is 3.44. The summed E-state index contributed by atoms with van der Waals surface area (Å²) in [5.74, 6) is -0.0597. The summed E-state index contributed by atoms with van der Waals surface area (Å²) in [5.41, 5.74) is 0. The van der Waals surface area contributed by atoms with Gasteiger partial charge in [-0.15, -0.1) is 0 Å². The Hall–Kier alpha value is -1.66. The molecule has 0 radical (unpaired) electrons. The zero-order valence-electron chi connectivity index (χ0n) is 45.9. The Labute approximate surface area is 424 Å². The molecule has 0 aromatic heterocycles. The lowest BCUT2D eigenvalue weighted by molar-refractivity contribution is -0.143. The Bertz CT molecular complexity index is 1060. The summed E-state index contributed by atoms with van der Waals surface area (Å²) in [7, 11) is 0. The van der Waals surface area contributed by atoms with Crippen molar-refractivity contribution < 1.29 is 24.5 Å². The smallest absolute Gasteiger partial charge is 0.305 e. The summed E-state index contributed by atoms with van der Waals surface area (Å²) >= 11 is 0. The third kappa shape index (κ3) is 53.7. The molecule has 3 N–H and O–H groups in total. The Morgan fingerprint density at radius 3 is 1.15 bits per heavy atom. The van der Waals surface area contributed by atoms with E-state index in [-0.39, 0.29) is 18.5 Å². The fourth-order valence-electron chi connectivity index (χ4n) is 9.55. The molecule has 0 aromatic carbocycles. The number of hydrogen-bond donors (Lipinski definition) is 3. The third-order valence-corrected chi connectivity index (χ3v) is 14.3. The standard InChI is InChI=1S/C62H119NO5/c1-3-5-7-9-11-13-15-17-19-21-23-25-26-28-30-34-38-42-46-50-54-60(65)59(58-64)63-61(66)55-51-47-43-39-35-32-33-37-41-45-49-53-57-68-62(67)56-52-48-44-40-36-31-29-27-24-22-20-18-16-14-12-10-8-6-4-2/h12,14,18,20,59-60,64-65H,3-11,13,15-17,19,21-58H2,1-2H3,(H,63,66)/b14-12-,20-18-. The Morgan fingerprint density at radius 1 is 0.412 bits per heavy atom. The summed E-state index contributed by atoms with van der Waals surface area (Å²) in [6.07, 6.45) is 70.3. The molecule has 2 atom stereocenters. The summed E-state index contributed by atoms with van der Waals surface area (Å²) in [6, 6.07) is -0.554. The summed E-state index contributed by atoms with van der Waals surface area (Å²) in [4.78, 5) is 24.6. The number of unbranched alkanes of at least 4 members (excludes halogenated alkanes) is 42. The minimum absolute atomic E-state index is 0.0120. The number of rotatable bonds is 57. The number of amides is 1. The molecule has 6 heteroatoms. The fourth-order valence-corrected chi connectivity index (χ4v) is 9.55. The lowest BCUT2D eigenvalue weighted by Crippen LogP contribution is -2.45. The first kappa shape index (κ1) is 66.3. The molecule has 0 saturated carbocycles. The minimum atomic E-state index is -0.676. The van der Waals surface area contributed by atoms with Gasteiger partial charge in [-0.25, -0.2) is 0 Å². The van der Waals surface area contributed by atoms with Gasteiger partial charge >= 0.3 is 5.97 Å². The van der Waals surface area contributed by atoms with E-state index in [1.165, 1.54) is 238 Å². The van der Waals surface area contributed by atoms with Crippen molar-refractivity contribution in [1.82, 2.24) is 5.32 Å². The van der Waals surface area contributed by atoms with E-state index in [4.69, 9.17) is 4.74 Å². The van der Waals surface area contributed by atoms with Gasteiger partial charge in [0.1, 0.15) is 0 Å². The van der Waals surface area contributed by atoms with E-state index >= 15 is 0 Å². The van der Waals surface area contributed by atoms with E-state index < -0.39 is 12.1 Å². The Morgan fingerprint density at radius 2 is 0.735 bits per heavy atom. The first-order valence-corrected chi connectivity index (χ1v) is 30.6. The van der Waals surface area contributed by atoms with E-state index in [1.807, 2.05) is 0 Å². The summed E-state index contributed by atoms with van der Waals surface area (Å²) in [6.45, 7) is 4.92. The number of carbonyl (C=O) groups is 2. The van der Waals surface area contributed by atoms with Crippen LogP contribution in [-0.4, -0.2) is 47.4 Å². The van der Waals surface area contributed by atoms with E-state index in [1.54, 1.807) is 0 Å². The molecule has 0 aliphatic heterocycles. The van der Waals surface area contributed by atoms with Crippen LogP contribution in [0, 0.1) is 0 Å². The van der Waals surface area contributed by atoms with Gasteiger partial charge in [0.05, 0.1) is 25.4 Å².